The average Bonchev–Trinajstić information content (AvgIpc) is 2.56. The number of rotatable bonds is 5. The number of aliphatic hydroxyl groups excluding tert-OH is 1. The van der Waals surface area contributed by atoms with E-state index in [1.54, 1.807) is 25.1 Å². The number of hydrogen-bond acceptors (Lipinski definition) is 6. The fourth-order valence-electron chi connectivity index (χ4n) is 2.10. The first-order chi connectivity index (χ1) is 11.5. The number of esters is 1. The first kappa shape index (κ1) is 16.9. The van der Waals surface area contributed by atoms with Crippen LogP contribution >= 0.6 is 0 Å². The molecular formula is C16H14N2O6. The van der Waals surface area contributed by atoms with Gasteiger partial charge in [-0.05, 0) is 6.92 Å². The molecule has 0 saturated carbocycles. The van der Waals surface area contributed by atoms with Crippen molar-refractivity contribution in [1.29, 1.82) is 0 Å². The van der Waals surface area contributed by atoms with Crippen molar-refractivity contribution >= 4 is 23.0 Å². The van der Waals surface area contributed by atoms with Crippen molar-refractivity contribution in [2.45, 2.75) is 6.92 Å². The highest BCUT2D eigenvalue weighted by atomic mass is 16.6. The van der Waals surface area contributed by atoms with E-state index in [0.29, 0.717) is 4.73 Å². The molecular weight excluding hydrogens is 316 g/mol. The SMILES string of the molecule is CCOC(=O)/C(=C(/O)c1ccccc1)c1c[n+]([O-])ccc1[N+](=O)[O-]. The minimum absolute atomic E-state index is 0.00239. The van der Waals surface area contributed by atoms with Gasteiger partial charge in [0.2, 0.25) is 0 Å². The molecule has 0 atom stereocenters. The molecule has 1 aromatic carbocycles. The number of ether oxygens (including phenoxy) is 1. The molecule has 0 spiro atoms. The predicted molar refractivity (Wildman–Crippen MR) is 84.6 cm³/mol. The van der Waals surface area contributed by atoms with E-state index in [1.807, 2.05) is 0 Å². The molecule has 1 aromatic heterocycles. The molecule has 8 nitrogen and oxygen atoms in total. The van der Waals surface area contributed by atoms with Crippen LogP contribution in [-0.4, -0.2) is 22.6 Å². The molecule has 1 heterocycles. The van der Waals surface area contributed by atoms with Crippen LogP contribution in [0.1, 0.15) is 18.1 Å². The summed E-state index contributed by atoms with van der Waals surface area (Å²) >= 11 is 0. The molecule has 2 rings (SSSR count). The highest BCUT2D eigenvalue weighted by Crippen LogP contribution is 2.31. The lowest BCUT2D eigenvalue weighted by Gasteiger charge is -2.10. The molecule has 0 amide bonds. The van der Waals surface area contributed by atoms with Crippen molar-refractivity contribution in [3.8, 4) is 0 Å². The van der Waals surface area contributed by atoms with Crippen molar-refractivity contribution in [3.05, 3.63) is 75.2 Å². The van der Waals surface area contributed by atoms with Gasteiger partial charge in [0, 0.05) is 5.56 Å². The van der Waals surface area contributed by atoms with Gasteiger partial charge >= 0.3 is 5.97 Å². The lowest BCUT2D eigenvalue weighted by molar-refractivity contribution is -0.606. The molecule has 1 N–H and O–H groups in total. The van der Waals surface area contributed by atoms with Crippen LogP contribution in [-0.2, 0) is 9.53 Å². The summed E-state index contributed by atoms with van der Waals surface area (Å²) in [5.41, 5.74) is -0.999. The average molecular weight is 330 g/mol. The van der Waals surface area contributed by atoms with Gasteiger partial charge in [-0.2, -0.15) is 4.73 Å². The fraction of sp³-hybridized carbons (Fsp3) is 0.125. The van der Waals surface area contributed by atoms with Gasteiger partial charge in [-0.3, -0.25) is 10.1 Å². The minimum atomic E-state index is -0.965. The summed E-state index contributed by atoms with van der Waals surface area (Å²) in [6, 6.07) is 8.96. The van der Waals surface area contributed by atoms with E-state index in [9.17, 15) is 25.2 Å². The Morgan fingerprint density at radius 3 is 2.54 bits per heavy atom. The number of aliphatic hydroxyl groups is 1. The fourth-order valence-corrected chi connectivity index (χ4v) is 2.10. The molecule has 0 unspecified atom stereocenters. The zero-order chi connectivity index (χ0) is 17.7. The molecule has 0 aliphatic heterocycles. The van der Waals surface area contributed by atoms with Crippen molar-refractivity contribution in [1.82, 2.24) is 0 Å². The minimum Gasteiger partial charge on any atom is -0.619 e. The van der Waals surface area contributed by atoms with Gasteiger partial charge in [0.25, 0.3) is 5.69 Å². The Labute approximate surface area is 137 Å². The van der Waals surface area contributed by atoms with Crippen molar-refractivity contribution in [2.24, 2.45) is 0 Å². The van der Waals surface area contributed by atoms with Gasteiger partial charge in [0.15, 0.2) is 12.4 Å². The second-order valence-corrected chi connectivity index (χ2v) is 4.67. The zero-order valence-electron chi connectivity index (χ0n) is 12.7. The number of nitro groups is 1. The van der Waals surface area contributed by atoms with E-state index in [-0.39, 0.29) is 17.7 Å². The van der Waals surface area contributed by atoms with Crippen LogP contribution in [0, 0.1) is 15.3 Å². The lowest BCUT2D eigenvalue weighted by atomic mass is 10.0. The van der Waals surface area contributed by atoms with Gasteiger partial charge in [0.1, 0.15) is 16.9 Å². The summed E-state index contributed by atoms with van der Waals surface area (Å²) in [7, 11) is 0. The second kappa shape index (κ2) is 7.23. The molecule has 0 fully saturated rings. The quantitative estimate of drug-likeness (QED) is 0.171. The smallest absolute Gasteiger partial charge is 0.343 e. The summed E-state index contributed by atoms with van der Waals surface area (Å²) in [5.74, 6) is -1.48. The standard InChI is InChI=1S/C16H14N2O6/c1-2-24-16(20)14(15(19)11-6-4-3-5-7-11)12-10-17(21)9-8-13(12)18(22)23/h3-10,19H,2H2,1H3/b15-14+. The third-order valence-corrected chi connectivity index (χ3v) is 3.14. The van der Waals surface area contributed by atoms with Gasteiger partial charge < -0.3 is 15.1 Å². The highest BCUT2D eigenvalue weighted by Gasteiger charge is 2.30. The molecule has 2 aromatic rings. The molecule has 0 saturated heterocycles. The molecule has 24 heavy (non-hydrogen) atoms. The largest absolute Gasteiger partial charge is 0.619 e. The molecule has 0 bridgehead atoms. The number of carbonyl (C=O) groups is 1. The van der Waals surface area contributed by atoms with E-state index in [2.05, 4.69) is 0 Å². The van der Waals surface area contributed by atoms with E-state index in [0.717, 1.165) is 18.5 Å². The third-order valence-electron chi connectivity index (χ3n) is 3.14. The lowest BCUT2D eigenvalue weighted by Crippen LogP contribution is -2.26. The van der Waals surface area contributed by atoms with Crippen LogP contribution < -0.4 is 4.73 Å². The van der Waals surface area contributed by atoms with Crippen LogP contribution in [0.3, 0.4) is 0 Å². The maximum atomic E-state index is 12.3. The normalized spacial score (nSPS) is 11.5. The van der Waals surface area contributed by atoms with Gasteiger partial charge in [0.05, 0.1) is 17.6 Å². The molecule has 0 aliphatic carbocycles. The first-order valence-electron chi connectivity index (χ1n) is 6.99. The van der Waals surface area contributed by atoms with Crippen LogP contribution in [0.25, 0.3) is 11.3 Å². The summed E-state index contributed by atoms with van der Waals surface area (Å²) in [6.45, 7) is 1.56. The first-order valence-corrected chi connectivity index (χ1v) is 6.99. The highest BCUT2D eigenvalue weighted by molar-refractivity contribution is 6.24. The van der Waals surface area contributed by atoms with Crippen LogP contribution in [0.5, 0.6) is 0 Å². The number of nitrogens with zero attached hydrogens (tertiary/aromatic N) is 2. The van der Waals surface area contributed by atoms with E-state index in [1.165, 1.54) is 12.1 Å². The monoisotopic (exact) mass is 330 g/mol. The van der Waals surface area contributed by atoms with Crippen molar-refractivity contribution in [3.63, 3.8) is 0 Å². The van der Waals surface area contributed by atoms with Crippen LogP contribution in [0.4, 0.5) is 5.69 Å². The maximum Gasteiger partial charge on any atom is 0.343 e. The number of hydrogen-bond donors (Lipinski definition) is 1. The summed E-state index contributed by atoms with van der Waals surface area (Å²) in [5, 5.41) is 33.2. The summed E-state index contributed by atoms with van der Waals surface area (Å²) in [6.07, 6.45) is 1.79. The molecule has 8 heteroatoms. The Morgan fingerprint density at radius 1 is 1.29 bits per heavy atom. The predicted octanol–water partition coefficient (Wildman–Crippen LogP) is 2.22. The Bertz CT molecular complexity index is 801. The summed E-state index contributed by atoms with van der Waals surface area (Å²) < 4.78 is 5.19. The zero-order valence-corrected chi connectivity index (χ0v) is 12.7. The van der Waals surface area contributed by atoms with Crippen molar-refractivity contribution in [2.75, 3.05) is 6.61 Å². The van der Waals surface area contributed by atoms with E-state index in [4.69, 9.17) is 4.74 Å². The van der Waals surface area contributed by atoms with Crippen molar-refractivity contribution < 1.29 is 24.3 Å². The topological polar surface area (TPSA) is 117 Å². The molecule has 0 radical (unpaired) electrons. The number of pyridine rings is 1. The van der Waals surface area contributed by atoms with Gasteiger partial charge in [-0.25, -0.2) is 4.79 Å². The second-order valence-electron chi connectivity index (χ2n) is 4.67. The van der Waals surface area contributed by atoms with Crippen LogP contribution in [0.2, 0.25) is 0 Å². The third kappa shape index (κ3) is 3.49. The number of benzene rings is 1. The Hall–Kier alpha value is -3.42. The Balaban J connectivity index is 2.76. The Morgan fingerprint density at radius 2 is 1.96 bits per heavy atom. The Kier molecular flexibility index (Phi) is 5.10. The van der Waals surface area contributed by atoms with E-state index >= 15 is 0 Å². The summed E-state index contributed by atoms with van der Waals surface area (Å²) in [4.78, 5) is 22.7. The van der Waals surface area contributed by atoms with Gasteiger partial charge in [-0.1, -0.05) is 30.3 Å². The molecule has 0 aliphatic rings. The number of carbonyl (C=O) groups excluding carboxylic acids is 1. The van der Waals surface area contributed by atoms with E-state index < -0.39 is 27.9 Å². The number of aromatic nitrogens is 1. The van der Waals surface area contributed by atoms with Gasteiger partial charge in [-0.15, -0.1) is 0 Å². The maximum absolute atomic E-state index is 12.3. The molecule has 124 valence electrons. The van der Waals surface area contributed by atoms with Crippen LogP contribution in [0.15, 0.2) is 48.8 Å².